The monoisotopic (exact) mass is 252 g/mol. The Labute approximate surface area is 106 Å². The van der Waals surface area contributed by atoms with Crippen molar-refractivity contribution in [2.45, 2.75) is 37.8 Å². The number of carbonyl (C=O) groups excluding carboxylic acids is 1. The molecular weight excluding hydrogens is 232 g/mol. The lowest BCUT2D eigenvalue weighted by Crippen LogP contribution is -2.32. The summed E-state index contributed by atoms with van der Waals surface area (Å²) in [6, 6.07) is 0.339. The van der Waals surface area contributed by atoms with Crippen LogP contribution in [0, 0.1) is 0 Å². The summed E-state index contributed by atoms with van der Waals surface area (Å²) in [4.78, 5) is 11.6. The van der Waals surface area contributed by atoms with Crippen LogP contribution in [0.1, 0.15) is 36.0 Å². The van der Waals surface area contributed by atoms with E-state index in [1.54, 1.807) is 6.20 Å². The van der Waals surface area contributed by atoms with Gasteiger partial charge < -0.3 is 15.8 Å². The van der Waals surface area contributed by atoms with Crippen molar-refractivity contribution in [3.63, 3.8) is 0 Å². The second-order valence-corrected chi connectivity index (χ2v) is 4.65. The highest BCUT2D eigenvalue weighted by Crippen LogP contribution is 2.19. The molecule has 1 aliphatic carbocycles. The summed E-state index contributed by atoms with van der Waals surface area (Å²) in [5, 5.41) is 9.11. The minimum Gasteiger partial charge on any atom is -0.376 e. The SMILES string of the molecule is NC1CCC(OCCNC(=O)c2cn[nH]c2)CC1. The second-order valence-electron chi connectivity index (χ2n) is 4.65. The molecular formula is C12H20N4O2. The van der Waals surface area contributed by atoms with Gasteiger partial charge in [-0.25, -0.2) is 0 Å². The van der Waals surface area contributed by atoms with E-state index in [1.165, 1.54) is 6.20 Å². The van der Waals surface area contributed by atoms with Crippen molar-refractivity contribution >= 4 is 5.91 Å². The fourth-order valence-corrected chi connectivity index (χ4v) is 2.12. The Kier molecular flexibility index (Phi) is 4.72. The van der Waals surface area contributed by atoms with Crippen molar-refractivity contribution in [2.75, 3.05) is 13.2 Å². The van der Waals surface area contributed by atoms with E-state index in [1.807, 2.05) is 0 Å². The van der Waals surface area contributed by atoms with Crippen molar-refractivity contribution < 1.29 is 9.53 Å². The number of ether oxygens (including phenoxy) is 1. The lowest BCUT2D eigenvalue weighted by atomic mass is 9.94. The van der Waals surface area contributed by atoms with Crippen LogP contribution in [0.5, 0.6) is 0 Å². The second kappa shape index (κ2) is 6.51. The lowest BCUT2D eigenvalue weighted by molar-refractivity contribution is 0.0267. The number of amides is 1. The van der Waals surface area contributed by atoms with Gasteiger partial charge in [-0.15, -0.1) is 0 Å². The van der Waals surface area contributed by atoms with Gasteiger partial charge in [0.05, 0.1) is 24.5 Å². The minimum atomic E-state index is -0.127. The van der Waals surface area contributed by atoms with Gasteiger partial charge in [-0.3, -0.25) is 9.89 Å². The Balaban J connectivity index is 1.57. The van der Waals surface area contributed by atoms with E-state index in [2.05, 4.69) is 15.5 Å². The molecule has 18 heavy (non-hydrogen) atoms. The van der Waals surface area contributed by atoms with Gasteiger partial charge in [-0.1, -0.05) is 0 Å². The van der Waals surface area contributed by atoms with Gasteiger partial charge >= 0.3 is 0 Å². The highest BCUT2D eigenvalue weighted by Gasteiger charge is 2.18. The van der Waals surface area contributed by atoms with Crippen LogP contribution in [0.15, 0.2) is 12.4 Å². The molecule has 1 fully saturated rings. The molecule has 0 atom stereocenters. The van der Waals surface area contributed by atoms with Crippen LogP contribution >= 0.6 is 0 Å². The molecule has 0 radical (unpaired) electrons. The van der Waals surface area contributed by atoms with Crippen LogP contribution in [0.3, 0.4) is 0 Å². The predicted molar refractivity (Wildman–Crippen MR) is 67.1 cm³/mol. The molecule has 100 valence electrons. The average molecular weight is 252 g/mol. The molecule has 1 aliphatic rings. The van der Waals surface area contributed by atoms with Crippen molar-refractivity contribution in [3.05, 3.63) is 18.0 Å². The van der Waals surface area contributed by atoms with Gasteiger partial charge in [0.2, 0.25) is 0 Å². The summed E-state index contributed by atoms with van der Waals surface area (Å²) < 4.78 is 5.71. The molecule has 1 aromatic heterocycles. The molecule has 0 bridgehead atoms. The number of hydrogen-bond acceptors (Lipinski definition) is 4. The number of H-pyrrole nitrogens is 1. The van der Waals surface area contributed by atoms with Crippen LogP contribution in [-0.2, 0) is 4.74 Å². The van der Waals surface area contributed by atoms with Crippen LogP contribution in [-0.4, -0.2) is 41.4 Å². The van der Waals surface area contributed by atoms with Gasteiger partial charge in [0.25, 0.3) is 5.91 Å². The van der Waals surface area contributed by atoms with E-state index in [0.717, 1.165) is 25.7 Å². The van der Waals surface area contributed by atoms with Crippen molar-refractivity contribution in [1.29, 1.82) is 0 Å². The zero-order valence-electron chi connectivity index (χ0n) is 10.4. The predicted octanol–water partition coefficient (Wildman–Crippen LogP) is 0.426. The molecule has 1 aromatic rings. The molecule has 2 rings (SSSR count). The first-order valence-corrected chi connectivity index (χ1v) is 6.40. The first-order valence-electron chi connectivity index (χ1n) is 6.40. The Hall–Kier alpha value is -1.40. The molecule has 0 aromatic carbocycles. The molecule has 6 nitrogen and oxygen atoms in total. The number of nitrogens with one attached hydrogen (secondary N) is 2. The average Bonchev–Trinajstić information content (AvgIpc) is 2.90. The van der Waals surface area contributed by atoms with Crippen LogP contribution in [0.2, 0.25) is 0 Å². The van der Waals surface area contributed by atoms with E-state index in [4.69, 9.17) is 10.5 Å². The fourth-order valence-electron chi connectivity index (χ4n) is 2.12. The number of nitrogens with two attached hydrogens (primary N) is 1. The molecule has 1 heterocycles. The summed E-state index contributed by atoms with van der Waals surface area (Å²) in [5.74, 6) is -0.127. The number of aromatic amines is 1. The molecule has 0 aliphatic heterocycles. The third kappa shape index (κ3) is 3.82. The summed E-state index contributed by atoms with van der Waals surface area (Å²) in [7, 11) is 0. The maximum Gasteiger partial charge on any atom is 0.254 e. The molecule has 1 saturated carbocycles. The number of nitrogens with zero attached hydrogens (tertiary/aromatic N) is 1. The van der Waals surface area contributed by atoms with Gasteiger partial charge in [-0.05, 0) is 25.7 Å². The largest absolute Gasteiger partial charge is 0.376 e. The zero-order valence-corrected chi connectivity index (χ0v) is 10.4. The highest BCUT2D eigenvalue weighted by atomic mass is 16.5. The molecule has 1 amide bonds. The summed E-state index contributed by atoms with van der Waals surface area (Å²) in [5.41, 5.74) is 6.36. The van der Waals surface area contributed by atoms with Crippen LogP contribution in [0.25, 0.3) is 0 Å². The smallest absolute Gasteiger partial charge is 0.254 e. The zero-order chi connectivity index (χ0) is 12.8. The van der Waals surface area contributed by atoms with E-state index in [9.17, 15) is 4.79 Å². The van der Waals surface area contributed by atoms with Crippen LogP contribution in [0.4, 0.5) is 0 Å². The first-order chi connectivity index (χ1) is 8.75. The summed E-state index contributed by atoms with van der Waals surface area (Å²) in [6.45, 7) is 1.07. The topological polar surface area (TPSA) is 93.0 Å². The van der Waals surface area contributed by atoms with E-state index < -0.39 is 0 Å². The van der Waals surface area contributed by atoms with Crippen molar-refractivity contribution in [3.8, 4) is 0 Å². The first kappa shape index (κ1) is 13.0. The Morgan fingerprint density at radius 3 is 2.94 bits per heavy atom. The lowest BCUT2D eigenvalue weighted by Gasteiger charge is -2.26. The minimum absolute atomic E-state index is 0.127. The van der Waals surface area contributed by atoms with Crippen molar-refractivity contribution in [2.24, 2.45) is 5.73 Å². The molecule has 0 unspecified atom stereocenters. The highest BCUT2D eigenvalue weighted by molar-refractivity contribution is 5.93. The molecule has 0 saturated heterocycles. The molecule has 6 heteroatoms. The quantitative estimate of drug-likeness (QED) is 0.662. The third-order valence-corrected chi connectivity index (χ3v) is 3.22. The van der Waals surface area contributed by atoms with Crippen molar-refractivity contribution in [1.82, 2.24) is 15.5 Å². The number of carbonyl (C=O) groups is 1. The van der Waals surface area contributed by atoms with E-state index >= 15 is 0 Å². The van der Waals surface area contributed by atoms with Gasteiger partial charge in [0.15, 0.2) is 0 Å². The van der Waals surface area contributed by atoms with Gasteiger partial charge in [0.1, 0.15) is 0 Å². The third-order valence-electron chi connectivity index (χ3n) is 3.22. The fraction of sp³-hybridized carbons (Fsp3) is 0.667. The standard InChI is InChI=1S/C12H20N4O2/c13-10-1-3-11(4-2-10)18-6-5-14-12(17)9-7-15-16-8-9/h7-8,10-11H,1-6,13H2,(H,14,17)(H,15,16). The van der Waals surface area contributed by atoms with Crippen LogP contribution < -0.4 is 11.1 Å². The number of aromatic nitrogens is 2. The molecule has 4 N–H and O–H groups in total. The summed E-state index contributed by atoms with van der Waals surface area (Å²) >= 11 is 0. The molecule has 0 spiro atoms. The maximum atomic E-state index is 11.6. The van der Waals surface area contributed by atoms with Gasteiger partial charge in [0, 0.05) is 18.8 Å². The normalized spacial score (nSPS) is 23.8. The number of rotatable bonds is 5. The Morgan fingerprint density at radius 1 is 1.50 bits per heavy atom. The van der Waals surface area contributed by atoms with E-state index in [0.29, 0.717) is 30.9 Å². The Morgan fingerprint density at radius 2 is 2.28 bits per heavy atom. The van der Waals surface area contributed by atoms with E-state index in [-0.39, 0.29) is 5.91 Å². The summed E-state index contributed by atoms with van der Waals surface area (Å²) in [6.07, 6.45) is 7.49. The number of hydrogen-bond donors (Lipinski definition) is 3. The van der Waals surface area contributed by atoms with Gasteiger partial charge in [-0.2, -0.15) is 5.10 Å². The maximum absolute atomic E-state index is 11.6. The Bertz CT molecular complexity index is 358.